The average molecular weight is 601 g/mol. The van der Waals surface area contributed by atoms with E-state index in [0.717, 1.165) is 24.5 Å². The van der Waals surface area contributed by atoms with Gasteiger partial charge in [-0.05, 0) is 62.4 Å². The molecule has 3 aromatic carbocycles. The zero-order chi connectivity index (χ0) is 30.2. The third kappa shape index (κ3) is 5.80. The Morgan fingerprint density at radius 3 is 2.42 bits per heavy atom. The molecule has 11 heteroatoms. The van der Waals surface area contributed by atoms with Gasteiger partial charge in [-0.2, -0.15) is 0 Å². The largest absolute Gasteiger partial charge is 0.340 e. The molecule has 220 valence electrons. The minimum absolute atomic E-state index is 0.142. The smallest absolute Gasteiger partial charge is 0.227 e. The van der Waals surface area contributed by atoms with E-state index in [2.05, 4.69) is 39.4 Å². The minimum atomic E-state index is -0.703. The van der Waals surface area contributed by atoms with Crippen LogP contribution in [0.1, 0.15) is 30.5 Å². The normalized spacial score (nSPS) is 17.8. The van der Waals surface area contributed by atoms with Crippen LogP contribution in [0.5, 0.6) is 0 Å². The van der Waals surface area contributed by atoms with Crippen molar-refractivity contribution in [2.24, 2.45) is 4.99 Å². The lowest BCUT2D eigenvalue weighted by atomic mass is 9.95. The first-order chi connectivity index (χ1) is 20.7. The molecule has 1 saturated heterocycles. The van der Waals surface area contributed by atoms with E-state index in [1.165, 1.54) is 18.2 Å². The summed E-state index contributed by atoms with van der Waals surface area (Å²) in [5.74, 6) is -0.598. The van der Waals surface area contributed by atoms with Gasteiger partial charge in [-0.15, -0.1) is 0 Å². The van der Waals surface area contributed by atoms with Gasteiger partial charge in [0.1, 0.15) is 11.6 Å². The summed E-state index contributed by atoms with van der Waals surface area (Å²) in [4.78, 5) is 17.8. The number of guanidine groups is 1. The highest BCUT2D eigenvalue weighted by Crippen LogP contribution is 2.35. The number of halogens is 3. The molecule has 0 radical (unpaired) electrons. The lowest BCUT2D eigenvalue weighted by Gasteiger charge is -2.39. The number of anilines is 3. The summed E-state index contributed by atoms with van der Waals surface area (Å²) >= 11 is 6.33. The van der Waals surface area contributed by atoms with Crippen molar-refractivity contribution in [3.63, 3.8) is 0 Å². The maximum Gasteiger partial charge on any atom is 0.227 e. The Morgan fingerprint density at radius 2 is 1.72 bits per heavy atom. The van der Waals surface area contributed by atoms with Gasteiger partial charge in [-0.25, -0.2) is 18.7 Å². The molecule has 0 spiro atoms. The number of aliphatic imine (C=N–C) groups is 1. The molecule has 8 nitrogen and oxygen atoms in total. The molecule has 0 saturated carbocycles. The average Bonchev–Trinajstić information content (AvgIpc) is 3.13. The molecule has 0 amide bonds. The van der Waals surface area contributed by atoms with Gasteiger partial charge in [0.15, 0.2) is 5.96 Å². The summed E-state index contributed by atoms with van der Waals surface area (Å²) in [6.45, 7) is 5.95. The predicted molar refractivity (Wildman–Crippen MR) is 168 cm³/mol. The number of benzene rings is 3. The number of aromatic nitrogens is 2. The van der Waals surface area contributed by atoms with Crippen molar-refractivity contribution in [3.05, 3.63) is 100 Å². The summed E-state index contributed by atoms with van der Waals surface area (Å²) in [5.41, 5.74) is 4.08. The molecule has 0 aliphatic carbocycles. The summed E-state index contributed by atoms with van der Waals surface area (Å²) in [7, 11) is 1.89. The second kappa shape index (κ2) is 11.7. The Hall–Kier alpha value is -4.41. The molecular formula is C32H31ClF2N8. The summed E-state index contributed by atoms with van der Waals surface area (Å²) in [5, 5.41) is 15.9. The van der Waals surface area contributed by atoms with Crippen molar-refractivity contribution in [1.82, 2.24) is 20.2 Å². The second-order valence-corrected chi connectivity index (χ2v) is 11.4. The van der Waals surface area contributed by atoms with Gasteiger partial charge < -0.3 is 20.4 Å². The molecule has 2 unspecified atom stereocenters. The van der Waals surface area contributed by atoms with E-state index in [1.54, 1.807) is 24.4 Å². The molecule has 1 aromatic heterocycles. The van der Waals surface area contributed by atoms with Crippen LogP contribution < -0.4 is 15.5 Å². The standard InChI is InChI=1S/C32H31ClF2N8/c1-18-16-43(17-19(2)39-18)31(36)42(3)23-10-8-22(9-11-23)40-32-38-15-20-14-37-30(28-26(34)5-4-6-27(28)35)25-13-21(33)7-12-24(25)29(20)41-32/h4-13,15,18-19,36,39H,14,16-17H2,1-3H3,(H,38,40,41). The van der Waals surface area contributed by atoms with Gasteiger partial charge in [0.05, 0.1) is 23.5 Å². The molecular weight excluding hydrogens is 570 g/mol. The summed E-state index contributed by atoms with van der Waals surface area (Å²) in [6, 6.07) is 17.2. The summed E-state index contributed by atoms with van der Waals surface area (Å²) in [6.07, 6.45) is 1.67. The molecule has 4 aromatic rings. The number of nitrogens with one attached hydrogen (secondary N) is 3. The third-order valence-electron chi connectivity index (χ3n) is 7.65. The van der Waals surface area contributed by atoms with E-state index < -0.39 is 11.6 Å². The van der Waals surface area contributed by atoms with E-state index >= 15 is 0 Å². The fraction of sp³-hybridized carbons (Fsp3) is 0.250. The topological polar surface area (TPSA) is 92.5 Å². The van der Waals surface area contributed by atoms with Crippen LogP contribution >= 0.6 is 11.6 Å². The Kier molecular flexibility index (Phi) is 7.81. The Morgan fingerprint density at radius 1 is 1.02 bits per heavy atom. The molecule has 0 bridgehead atoms. The zero-order valence-corrected chi connectivity index (χ0v) is 24.8. The van der Waals surface area contributed by atoms with Crippen molar-refractivity contribution < 1.29 is 8.78 Å². The molecule has 6 rings (SSSR count). The van der Waals surface area contributed by atoms with Crippen LogP contribution in [0.4, 0.5) is 26.1 Å². The molecule has 3 heterocycles. The fourth-order valence-electron chi connectivity index (χ4n) is 5.65. The number of hydrogen-bond acceptors (Lipinski definition) is 6. The third-order valence-corrected chi connectivity index (χ3v) is 7.88. The van der Waals surface area contributed by atoms with E-state index in [1.807, 2.05) is 36.2 Å². The lowest BCUT2D eigenvalue weighted by molar-refractivity contribution is 0.251. The Labute approximate surface area is 254 Å². The van der Waals surface area contributed by atoms with Crippen LogP contribution in [0.2, 0.25) is 5.02 Å². The first-order valence-electron chi connectivity index (χ1n) is 14.0. The molecule has 43 heavy (non-hydrogen) atoms. The van der Waals surface area contributed by atoms with Crippen molar-refractivity contribution in [1.29, 1.82) is 5.41 Å². The highest BCUT2D eigenvalue weighted by Gasteiger charge is 2.26. The highest BCUT2D eigenvalue weighted by molar-refractivity contribution is 6.31. The van der Waals surface area contributed by atoms with Gasteiger partial charge in [0.25, 0.3) is 0 Å². The monoisotopic (exact) mass is 600 g/mol. The summed E-state index contributed by atoms with van der Waals surface area (Å²) < 4.78 is 29.7. The lowest BCUT2D eigenvalue weighted by Crippen LogP contribution is -2.58. The van der Waals surface area contributed by atoms with Crippen molar-refractivity contribution in [2.45, 2.75) is 32.5 Å². The number of fused-ring (bicyclic) bond motifs is 3. The Balaban J connectivity index is 1.25. The van der Waals surface area contributed by atoms with Crippen molar-refractivity contribution in [2.75, 3.05) is 30.4 Å². The molecule has 2 aliphatic rings. The Bertz CT molecular complexity index is 1700. The van der Waals surface area contributed by atoms with E-state index in [4.69, 9.17) is 22.0 Å². The molecule has 3 N–H and O–H groups in total. The zero-order valence-electron chi connectivity index (χ0n) is 24.0. The SMILES string of the molecule is CC1CN(C(=N)N(C)c2ccc(Nc3ncc4c(n3)-c3ccc(Cl)cc3C(c3c(F)cccc3F)=NC4)cc2)CC(C)N1. The van der Waals surface area contributed by atoms with Gasteiger partial charge in [0.2, 0.25) is 5.95 Å². The van der Waals surface area contributed by atoms with E-state index in [9.17, 15) is 8.78 Å². The van der Waals surface area contributed by atoms with Crippen LogP contribution in [0, 0.1) is 17.0 Å². The van der Waals surface area contributed by atoms with Gasteiger partial charge in [-0.3, -0.25) is 10.4 Å². The van der Waals surface area contributed by atoms with Crippen molar-refractivity contribution in [3.8, 4) is 11.3 Å². The van der Waals surface area contributed by atoms with Crippen LogP contribution in [0.25, 0.3) is 11.3 Å². The van der Waals surface area contributed by atoms with Gasteiger partial charge in [0, 0.05) is 71.5 Å². The van der Waals surface area contributed by atoms with Crippen LogP contribution in [-0.2, 0) is 6.54 Å². The first kappa shape index (κ1) is 28.7. The van der Waals surface area contributed by atoms with Crippen LogP contribution in [0.3, 0.4) is 0 Å². The number of hydrogen-bond donors (Lipinski definition) is 3. The quantitative estimate of drug-likeness (QED) is 0.190. The number of piperazine rings is 1. The van der Waals surface area contributed by atoms with E-state index in [-0.39, 0.29) is 17.8 Å². The predicted octanol–water partition coefficient (Wildman–Crippen LogP) is 6.22. The molecule has 2 aliphatic heterocycles. The van der Waals surface area contributed by atoms with Gasteiger partial charge >= 0.3 is 0 Å². The van der Waals surface area contributed by atoms with Crippen LogP contribution in [-0.4, -0.2) is 58.8 Å². The molecule has 2 atom stereocenters. The maximum atomic E-state index is 14.8. The van der Waals surface area contributed by atoms with Gasteiger partial charge in [-0.1, -0.05) is 23.7 Å². The second-order valence-electron chi connectivity index (χ2n) is 10.9. The molecule has 1 fully saturated rings. The fourth-order valence-corrected chi connectivity index (χ4v) is 5.83. The number of rotatable bonds is 4. The number of nitrogens with zero attached hydrogens (tertiary/aromatic N) is 5. The van der Waals surface area contributed by atoms with Crippen LogP contribution in [0.15, 0.2) is 71.9 Å². The highest BCUT2D eigenvalue weighted by atomic mass is 35.5. The maximum absolute atomic E-state index is 14.8. The minimum Gasteiger partial charge on any atom is -0.340 e. The van der Waals surface area contributed by atoms with E-state index in [0.29, 0.717) is 51.4 Å². The first-order valence-corrected chi connectivity index (χ1v) is 14.4. The van der Waals surface area contributed by atoms with Crippen molar-refractivity contribution >= 4 is 40.6 Å².